The van der Waals surface area contributed by atoms with Gasteiger partial charge in [0.1, 0.15) is 11.3 Å². The number of pyridine rings is 1. The number of fused-ring (bicyclic) bond motifs is 1. The fourth-order valence-corrected chi connectivity index (χ4v) is 2.41. The van der Waals surface area contributed by atoms with E-state index in [1.54, 1.807) is 20.2 Å². The average molecular weight is 320 g/mol. The van der Waals surface area contributed by atoms with E-state index in [2.05, 4.69) is 34.4 Å². The van der Waals surface area contributed by atoms with E-state index in [1.807, 2.05) is 10.6 Å². The highest BCUT2D eigenvalue weighted by molar-refractivity contribution is 5.87. The van der Waals surface area contributed by atoms with E-state index >= 15 is 0 Å². The van der Waals surface area contributed by atoms with Gasteiger partial charge in [0.15, 0.2) is 5.82 Å². The number of nitrogen functional groups attached to an aromatic ring is 1. The summed E-state index contributed by atoms with van der Waals surface area (Å²) in [6, 6.07) is 2.43. The van der Waals surface area contributed by atoms with Crippen molar-refractivity contribution in [1.82, 2.24) is 19.9 Å². The number of imidazole rings is 1. The van der Waals surface area contributed by atoms with Gasteiger partial charge in [0.2, 0.25) is 0 Å². The summed E-state index contributed by atoms with van der Waals surface area (Å²) in [5.74, 6) is 1.14. The van der Waals surface area contributed by atoms with Crippen LogP contribution in [0.5, 0.6) is 0 Å². The molecular formula is C16H28N6O. The predicted octanol–water partition coefficient (Wildman–Crippen LogP) is 1.58. The minimum Gasteiger partial charge on any atom is -0.389 e. The Labute approximate surface area is 137 Å². The number of anilines is 2. The van der Waals surface area contributed by atoms with Crippen LogP contribution in [0.25, 0.3) is 11.0 Å². The molecule has 7 nitrogen and oxygen atoms in total. The summed E-state index contributed by atoms with van der Waals surface area (Å²) in [6.07, 6.45) is 2.69. The molecule has 0 radical (unpaired) electrons. The zero-order valence-corrected chi connectivity index (χ0v) is 14.4. The average Bonchev–Trinajstić information content (AvgIpc) is 2.80. The number of nitrogens with zero attached hydrogens (tertiary/aromatic N) is 3. The van der Waals surface area contributed by atoms with Crippen molar-refractivity contribution >= 4 is 22.7 Å². The highest BCUT2D eigenvalue weighted by Crippen LogP contribution is 2.23. The summed E-state index contributed by atoms with van der Waals surface area (Å²) in [6.45, 7) is 10.0. The Morgan fingerprint density at radius 1 is 1.35 bits per heavy atom. The summed E-state index contributed by atoms with van der Waals surface area (Å²) in [5.41, 5.74) is 6.73. The Bertz CT molecular complexity index is 644. The first-order valence-corrected chi connectivity index (χ1v) is 8.07. The number of aromatic nitrogens is 3. The van der Waals surface area contributed by atoms with Crippen molar-refractivity contribution < 1.29 is 5.11 Å². The Morgan fingerprint density at radius 2 is 2.09 bits per heavy atom. The molecule has 0 saturated heterocycles. The van der Waals surface area contributed by atoms with Crippen LogP contribution in [0.2, 0.25) is 0 Å². The molecule has 2 rings (SSSR count). The Balaban J connectivity index is 2.08. The van der Waals surface area contributed by atoms with E-state index in [0.29, 0.717) is 23.9 Å². The van der Waals surface area contributed by atoms with Crippen LogP contribution < -0.4 is 16.4 Å². The van der Waals surface area contributed by atoms with Gasteiger partial charge in [-0.2, -0.15) is 0 Å². The smallest absolute Gasteiger partial charge is 0.154 e. The summed E-state index contributed by atoms with van der Waals surface area (Å²) in [4.78, 5) is 8.65. The quantitative estimate of drug-likeness (QED) is 0.551. The molecule has 0 aromatic carbocycles. The molecule has 2 aromatic heterocycles. The molecule has 0 fully saturated rings. The molecule has 0 bridgehead atoms. The van der Waals surface area contributed by atoms with Crippen molar-refractivity contribution in [3.63, 3.8) is 0 Å². The van der Waals surface area contributed by atoms with Gasteiger partial charge < -0.3 is 26.0 Å². The third kappa shape index (κ3) is 5.07. The minimum atomic E-state index is -0.818. The third-order valence-corrected chi connectivity index (χ3v) is 3.40. The Morgan fingerprint density at radius 3 is 2.74 bits per heavy atom. The highest BCUT2D eigenvalue weighted by Gasteiger charge is 2.17. The normalized spacial score (nSPS) is 12.3. The van der Waals surface area contributed by atoms with Crippen molar-refractivity contribution in [3.05, 3.63) is 12.4 Å². The Kier molecular flexibility index (Phi) is 5.43. The summed E-state index contributed by atoms with van der Waals surface area (Å²) in [7, 11) is 0. The second-order valence-corrected chi connectivity index (χ2v) is 6.83. The molecule has 0 saturated carbocycles. The SMILES string of the molecule is CC(C)NCCCNc1cc2c(ncn2CC(C)(C)O)c(N)n1. The molecule has 5 N–H and O–H groups in total. The lowest BCUT2D eigenvalue weighted by atomic mass is 10.1. The van der Waals surface area contributed by atoms with E-state index in [-0.39, 0.29) is 0 Å². The molecule has 0 atom stereocenters. The summed E-state index contributed by atoms with van der Waals surface area (Å²) < 4.78 is 1.90. The van der Waals surface area contributed by atoms with Gasteiger partial charge in [0.05, 0.1) is 24.0 Å². The van der Waals surface area contributed by atoms with Crippen molar-refractivity contribution in [2.24, 2.45) is 0 Å². The van der Waals surface area contributed by atoms with Crippen LogP contribution in [-0.4, -0.2) is 44.4 Å². The van der Waals surface area contributed by atoms with Gasteiger partial charge in [0, 0.05) is 18.7 Å². The maximum absolute atomic E-state index is 10.0. The van der Waals surface area contributed by atoms with Crippen molar-refractivity contribution in [3.8, 4) is 0 Å². The molecule has 2 aromatic rings. The number of hydrogen-bond donors (Lipinski definition) is 4. The van der Waals surface area contributed by atoms with Gasteiger partial charge >= 0.3 is 0 Å². The molecule has 0 amide bonds. The lowest BCUT2D eigenvalue weighted by molar-refractivity contribution is 0.0626. The molecule has 2 heterocycles. The van der Waals surface area contributed by atoms with Gasteiger partial charge in [0.25, 0.3) is 0 Å². The van der Waals surface area contributed by atoms with Crippen LogP contribution >= 0.6 is 0 Å². The first-order valence-electron chi connectivity index (χ1n) is 8.07. The van der Waals surface area contributed by atoms with Gasteiger partial charge in [-0.1, -0.05) is 13.8 Å². The van der Waals surface area contributed by atoms with E-state index in [1.165, 1.54) is 0 Å². The zero-order chi connectivity index (χ0) is 17.0. The summed E-state index contributed by atoms with van der Waals surface area (Å²) in [5, 5.41) is 16.7. The number of aliphatic hydroxyl groups is 1. The van der Waals surface area contributed by atoms with E-state index < -0.39 is 5.60 Å². The number of nitrogens with two attached hydrogens (primary N) is 1. The fourth-order valence-electron chi connectivity index (χ4n) is 2.41. The largest absolute Gasteiger partial charge is 0.389 e. The minimum absolute atomic E-state index is 0.403. The van der Waals surface area contributed by atoms with Gasteiger partial charge in [-0.25, -0.2) is 9.97 Å². The second kappa shape index (κ2) is 7.14. The maximum atomic E-state index is 10.0. The number of rotatable bonds is 8. The predicted molar refractivity (Wildman–Crippen MR) is 94.5 cm³/mol. The van der Waals surface area contributed by atoms with Gasteiger partial charge in [-0.15, -0.1) is 0 Å². The molecule has 128 valence electrons. The monoisotopic (exact) mass is 320 g/mol. The third-order valence-electron chi connectivity index (χ3n) is 3.40. The standard InChI is InChI=1S/C16H28N6O/c1-11(2)18-6-5-7-19-13-8-12-14(15(17)21-13)20-10-22(12)9-16(3,4)23/h8,10-11,18,23H,5-7,9H2,1-4H3,(H3,17,19,21). The van der Waals surface area contributed by atoms with Crippen LogP contribution in [-0.2, 0) is 6.54 Å². The number of nitrogens with one attached hydrogen (secondary N) is 2. The van der Waals surface area contributed by atoms with Crippen LogP contribution in [0, 0.1) is 0 Å². The first-order chi connectivity index (χ1) is 10.8. The van der Waals surface area contributed by atoms with Crippen LogP contribution in [0.1, 0.15) is 34.1 Å². The first kappa shape index (κ1) is 17.5. The maximum Gasteiger partial charge on any atom is 0.154 e. The lowest BCUT2D eigenvalue weighted by Crippen LogP contribution is -2.25. The molecule has 0 aliphatic carbocycles. The van der Waals surface area contributed by atoms with E-state index in [9.17, 15) is 5.11 Å². The van der Waals surface area contributed by atoms with E-state index in [0.717, 1.165) is 30.8 Å². The van der Waals surface area contributed by atoms with Crippen LogP contribution in [0.15, 0.2) is 12.4 Å². The van der Waals surface area contributed by atoms with Crippen LogP contribution in [0.4, 0.5) is 11.6 Å². The van der Waals surface area contributed by atoms with Gasteiger partial charge in [-0.3, -0.25) is 0 Å². The lowest BCUT2D eigenvalue weighted by Gasteiger charge is -2.18. The van der Waals surface area contributed by atoms with Crippen molar-refractivity contribution in [1.29, 1.82) is 0 Å². The van der Waals surface area contributed by atoms with E-state index in [4.69, 9.17) is 5.73 Å². The molecular weight excluding hydrogens is 292 g/mol. The van der Waals surface area contributed by atoms with Crippen LogP contribution in [0.3, 0.4) is 0 Å². The van der Waals surface area contributed by atoms with Gasteiger partial charge in [-0.05, 0) is 26.8 Å². The molecule has 23 heavy (non-hydrogen) atoms. The Hall–Kier alpha value is -1.86. The zero-order valence-electron chi connectivity index (χ0n) is 14.4. The molecule has 0 spiro atoms. The molecule has 0 aliphatic rings. The molecule has 7 heteroatoms. The topological polar surface area (TPSA) is 101 Å². The second-order valence-electron chi connectivity index (χ2n) is 6.83. The number of hydrogen-bond acceptors (Lipinski definition) is 6. The fraction of sp³-hybridized carbons (Fsp3) is 0.625. The van der Waals surface area contributed by atoms with Crippen molar-refractivity contribution in [2.75, 3.05) is 24.1 Å². The van der Waals surface area contributed by atoms with Crippen molar-refractivity contribution in [2.45, 2.75) is 52.3 Å². The molecule has 0 aliphatic heterocycles. The molecule has 0 unspecified atom stereocenters. The highest BCUT2D eigenvalue weighted by atomic mass is 16.3. The summed E-state index contributed by atoms with van der Waals surface area (Å²) >= 11 is 0.